The lowest BCUT2D eigenvalue weighted by Crippen LogP contribution is -1.84. The first-order valence-electron chi connectivity index (χ1n) is 1.54. The summed E-state index contributed by atoms with van der Waals surface area (Å²) in [5, 5.41) is 7.78. The average Bonchev–Trinajstić information content (AvgIpc) is 1.61. The number of hydrogen-bond acceptors (Lipinski definition) is 2. The predicted molar refractivity (Wildman–Crippen MR) is 22.5 cm³/mol. The van der Waals surface area contributed by atoms with Crippen LogP contribution >= 0.6 is 0 Å². The molecule has 0 amide bonds. The van der Waals surface area contributed by atoms with Crippen molar-refractivity contribution in [3.05, 3.63) is 12.2 Å². The molecular formula is C4H3O3. The van der Waals surface area contributed by atoms with Gasteiger partial charge in [-0.1, -0.05) is 0 Å². The van der Waals surface area contributed by atoms with Gasteiger partial charge in [0.2, 0.25) is 6.29 Å². The van der Waals surface area contributed by atoms with Gasteiger partial charge in [0, 0.05) is 6.08 Å². The fourth-order valence-corrected chi connectivity index (χ4v) is 0.105. The van der Waals surface area contributed by atoms with E-state index in [-0.39, 0.29) is 0 Å². The summed E-state index contributed by atoms with van der Waals surface area (Å²) in [5.74, 6) is -1.14. The summed E-state index contributed by atoms with van der Waals surface area (Å²) in [4.78, 5) is 18.7. The zero-order chi connectivity index (χ0) is 5.70. The predicted octanol–water partition coefficient (Wildman–Crippen LogP) is -0.263. The normalized spacial score (nSPS) is 9.14. The van der Waals surface area contributed by atoms with E-state index in [1.807, 2.05) is 0 Å². The Kier molecular flexibility index (Phi) is 2.59. The van der Waals surface area contributed by atoms with Crippen molar-refractivity contribution in [1.29, 1.82) is 0 Å². The summed E-state index contributed by atoms with van der Waals surface area (Å²) in [5.41, 5.74) is 0. The molecule has 7 heavy (non-hydrogen) atoms. The molecule has 0 spiro atoms. The standard InChI is InChI=1S/C4H3O3/c5-3-1-2-4(6)7/h1-2H,(H,6,7)/b2-1+. The van der Waals surface area contributed by atoms with Gasteiger partial charge in [0.1, 0.15) is 0 Å². The molecule has 0 saturated carbocycles. The van der Waals surface area contributed by atoms with Gasteiger partial charge in [0.15, 0.2) is 0 Å². The highest BCUT2D eigenvalue weighted by molar-refractivity contribution is 5.84. The van der Waals surface area contributed by atoms with Gasteiger partial charge in [-0.15, -0.1) is 0 Å². The van der Waals surface area contributed by atoms with E-state index in [9.17, 15) is 9.59 Å². The highest BCUT2D eigenvalue weighted by Crippen LogP contribution is 1.64. The van der Waals surface area contributed by atoms with Gasteiger partial charge >= 0.3 is 5.97 Å². The summed E-state index contributed by atoms with van der Waals surface area (Å²) in [6.07, 6.45) is 2.80. The van der Waals surface area contributed by atoms with Crippen LogP contribution in [0, 0.1) is 0 Å². The molecule has 0 bridgehead atoms. The highest BCUT2D eigenvalue weighted by atomic mass is 16.4. The van der Waals surface area contributed by atoms with Gasteiger partial charge in [-0.25, -0.2) is 4.79 Å². The molecule has 0 aromatic rings. The molecule has 0 saturated heterocycles. The van der Waals surface area contributed by atoms with Crippen LogP contribution in [0.1, 0.15) is 0 Å². The lowest BCUT2D eigenvalue weighted by Gasteiger charge is -1.68. The van der Waals surface area contributed by atoms with Crippen molar-refractivity contribution in [2.75, 3.05) is 0 Å². The Morgan fingerprint density at radius 2 is 2.29 bits per heavy atom. The zero-order valence-corrected chi connectivity index (χ0v) is 3.42. The average molecular weight is 99.1 g/mol. The molecule has 1 N–H and O–H groups in total. The molecular weight excluding hydrogens is 96.0 g/mol. The quantitative estimate of drug-likeness (QED) is 0.485. The molecule has 0 aliphatic heterocycles. The van der Waals surface area contributed by atoms with Gasteiger partial charge in [0.25, 0.3) is 0 Å². The number of carboxylic acids is 1. The Bertz CT molecular complexity index is 104. The second kappa shape index (κ2) is 3.08. The van der Waals surface area contributed by atoms with Gasteiger partial charge in [0.05, 0.1) is 0 Å². The number of carboxylic acid groups (broad SMARTS) is 1. The smallest absolute Gasteiger partial charge is 0.328 e. The van der Waals surface area contributed by atoms with Crippen LogP contribution in [0.3, 0.4) is 0 Å². The molecule has 0 heterocycles. The number of aliphatic carboxylic acids is 1. The molecule has 0 aliphatic rings. The Morgan fingerprint density at radius 3 is 2.43 bits per heavy atom. The van der Waals surface area contributed by atoms with Crippen molar-refractivity contribution in [3.63, 3.8) is 0 Å². The van der Waals surface area contributed by atoms with Gasteiger partial charge in [-0.3, -0.25) is 4.79 Å². The molecule has 0 aromatic carbocycles. The summed E-state index contributed by atoms with van der Waals surface area (Å²) >= 11 is 0. The monoisotopic (exact) mass is 99.0 g/mol. The lowest BCUT2D eigenvalue weighted by atomic mass is 10.5. The Morgan fingerprint density at radius 1 is 1.71 bits per heavy atom. The first-order valence-corrected chi connectivity index (χ1v) is 1.54. The maximum Gasteiger partial charge on any atom is 0.328 e. The number of rotatable bonds is 2. The summed E-state index contributed by atoms with van der Waals surface area (Å²) in [7, 11) is 0. The van der Waals surface area contributed by atoms with Crippen LogP contribution in [0.25, 0.3) is 0 Å². The first kappa shape index (κ1) is 5.88. The van der Waals surface area contributed by atoms with E-state index in [1.165, 1.54) is 6.29 Å². The van der Waals surface area contributed by atoms with Gasteiger partial charge in [-0.05, 0) is 6.08 Å². The zero-order valence-electron chi connectivity index (χ0n) is 3.42. The Balaban J connectivity index is 3.46. The third-order valence-corrected chi connectivity index (χ3v) is 0.294. The summed E-state index contributed by atoms with van der Waals surface area (Å²) in [6, 6.07) is 0. The highest BCUT2D eigenvalue weighted by Gasteiger charge is 1.79. The van der Waals surface area contributed by atoms with Crippen molar-refractivity contribution < 1.29 is 14.7 Å². The molecule has 0 aliphatic carbocycles. The van der Waals surface area contributed by atoms with Gasteiger partial charge < -0.3 is 5.11 Å². The number of allylic oxidation sites excluding steroid dienone is 1. The third kappa shape index (κ3) is 4.88. The van der Waals surface area contributed by atoms with Crippen LogP contribution in [0.2, 0.25) is 0 Å². The number of carbonyl (C=O) groups excluding carboxylic acids is 1. The molecule has 0 fully saturated rings. The fraction of sp³-hybridized carbons (Fsp3) is 0. The van der Waals surface area contributed by atoms with Crippen LogP contribution in [-0.2, 0) is 9.59 Å². The summed E-state index contributed by atoms with van der Waals surface area (Å²) in [6.45, 7) is 0. The molecule has 0 aromatic heterocycles. The molecule has 0 unspecified atom stereocenters. The van der Waals surface area contributed by atoms with Crippen molar-refractivity contribution in [1.82, 2.24) is 0 Å². The van der Waals surface area contributed by atoms with Crippen molar-refractivity contribution in [3.8, 4) is 0 Å². The van der Waals surface area contributed by atoms with E-state index in [0.29, 0.717) is 6.08 Å². The minimum absolute atomic E-state index is 0.715. The molecule has 37 valence electrons. The molecule has 3 nitrogen and oxygen atoms in total. The maximum atomic E-state index is 9.49. The van der Waals surface area contributed by atoms with Crippen LogP contribution in [0.5, 0.6) is 0 Å². The van der Waals surface area contributed by atoms with Crippen molar-refractivity contribution >= 4 is 12.3 Å². The van der Waals surface area contributed by atoms with Crippen molar-refractivity contribution in [2.45, 2.75) is 0 Å². The number of hydrogen-bond donors (Lipinski definition) is 1. The van der Waals surface area contributed by atoms with E-state index in [0.717, 1.165) is 6.08 Å². The molecule has 0 atom stereocenters. The minimum atomic E-state index is -1.14. The van der Waals surface area contributed by atoms with Crippen molar-refractivity contribution in [2.24, 2.45) is 0 Å². The summed E-state index contributed by atoms with van der Waals surface area (Å²) < 4.78 is 0. The second-order valence-electron chi connectivity index (χ2n) is 0.789. The van der Waals surface area contributed by atoms with E-state index in [4.69, 9.17) is 5.11 Å². The number of carbonyl (C=O) groups is 1. The van der Waals surface area contributed by atoms with E-state index in [1.54, 1.807) is 0 Å². The Hall–Kier alpha value is -1.12. The van der Waals surface area contributed by atoms with E-state index < -0.39 is 5.97 Å². The minimum Gasteiger partial charge on any atom is -0.478 e. The molecule has 1 radical (unpaired) electrons. The Labute approximate surface area is 40.3 Å². The fourth-order valence-electron chi connectivity index (χ4n) is 0.105. The van der Waals surface area contributed by atoms with Crippen LogP contribution < -0.4 is 0 Å². The van der Waals surface area contributed by atoms with Crippen LogP contribution in [0.15, 0.2) is 12.2 Å². The first-order chi connectivity index (χ1) is 3.27. The molecule has 0 rings (SSSR count). The SMILES string of the molecule is O=[C]/C=C/C(=O)O. The topological polar surface area (TPSA) is 54.4 Å². The second-order valence-corrected chi connectivity index (χ2v) is 0.789. The largest absolute Gasteiger partial charge is 0.478 e. The van der Waals surface area contributed by atoms with E-state index >= 15 is 0 Å². The molecule has 3 heteroatoms. The van der Waals surface area contributed by atoms with Crippen LogP contribution in [0.4, 0.5) is 0 Å². The van der Waals surface area contributed by atoms with E-state index in [2.05, 4.69) is 0 Å². The third-order valence-electron chi connectivity index (χ3n) is 0.294. The van der Waals surface area contributed by atoms with Crippen LogP contribution in [-0.4, -0.2) is 17.4 Å². The van der Waals surface area contributed by atoms with Gasteiger partial charge in [-0.2, -0.15) is 0 Å². The lowest BCUT2D eigenvalue weighted by molar-refractivity contribution is -0.131. The maximum absolute atomic E-state index is 9.49.